The molecule has 194 valence electrons. The zero-order chi connectivity index (χ0) is 26.7. The Morgan fingerprint density at radius 1 is 0.842 bits per heavy atom. The van der Waals surface area contributed by atoms with Crippen LogP contribution in [0.25, 0.3) is 0 Å². The highest BCUT2D eigenvalue weighted by Gasteiger charge is 2.22. The van der Waals surface area contributed by atoms with Crippen molar-refractivity contribution in [2.45, 2.75) is 29.9 Å². The van der Waals surface area contributed by atoms with Gasteiger partial charge in [-0.1, -0.05) is 67.4 Å². The van der Waals surface area contributed by atoms with Gasteiger partial charge in [-0.25, -0.2) is 0 Å². The Hall–Kier alpha value is -3.74. The molecule has 0 saturated carbocycles. The number of unbranched alkanes of at least 4 members (excludes halogenated alkanes) is 1. The summed E-state index contributed by atoms with van der Waals surface area (Å²) >= 11 is 7.44. The molecule has 38 heavy (non-hydrogen) atoms. The number of rotatable bonds is 11. The number of hydrogen-bond donors (Lipinski definition) is 2. The number of amides is 2. The average Bonchev–Trinajstić information content (AvgIpc) is 2.93. The molecule has 2 amide bonds. The summed E-state index contributed by atoms with van der Waals surface area (Å²) in [5.41, 5.74) is 2.68. The second kappa shape index (κ2) is 13.7. The summed E-state index contributed by atoms with van der Waals surface area (Å²) in [7, 11) is 0. The zero-order valence-corrected chi connectivity index (χ0v) is 22.6. The van der Waals surface area contributed by atoms with Gasteiger partial charge in [0.2, 0.25) is 5.91 Å². The maximum atomic E-state index is 13.4. The molecule has 0 aromatic heterocycles. The summed E-state index contributed by atoms with van der Waals surface area (Å²) in [5.74, 6) is 0.380. The normalized spacial score (nSPS) is 11.4. The summed E-state index contributed by atoms with van der Waals surface area (Å²) < 4.78 is 5.72. The van der Waals surface area contributed by atoms with Gasteiger partial charge in [-0.05, 0) is 72.6 Å². The van der Waals surface area contributed by atoms with Crippen LogP contribution in [0.5, 0.6) is 5.75 Å². The Morgan fingerprint density at radius 3 is 2.34 bits per heavy atom. The van der Waals surface area contributed by atoms with Crippen LogP contribution in [0.2, 0.25) is 5.02 Å². The Morgan fingerprint density at radius 2 is 1.61 bits per heavy atom. The van der Waals surface area contributed by atoms with E-state index in [0.717, 1.165) is 29.1 Å². The molecular formula is C31H29ClN2O3S. The van der Waals surface area contributed by atoms with Gasteiger partial charge in [0.15, 0.2) is 0 Å². The third-order valence-electron chi connectivity index (χ3n) is 5.66. The fraction of sp³-hybridized carbons (Fsp3) is 0.161. The van der Waals surface area contributed by atoms with Crippen molar-refractivity contribution in [3.05, 3.63) is 119 Å². The Labute approximate surface area is 232 Å². The number of hydrogen-bond acceptors (Lipinski definition) is 4. The van der Waals surface area contributed by atoms with E-state index in [1.165, 1.54) is 11.8 Å². The molecule has 0 aliphatic heterocycles. The minimum atomic E-state index is -0.504. The fourth-order valence-electron chi connectivity index (χ4n) is 3.69. The Bertz CT molecular complexity index is 1360. The number of benzene rings is 4. The predicted molar refractivity (Wildman–Crippen MR) is 156 cm³/mol. The number of ether oxygens (including phenoxy) is 1. The van der Waals surface area contributed by atoms with Crippen molar-refractivity contribution in [3.8, 4) is 5.75 Å². The van der Waals surface area contributed by atoms with E-state index in [0.29, 0.717) is 28.6 Å². The van der Waals surface area contributed by atoms with E-state index in [9.17, 15) is 9.59 Å². The maximum Gasteiger partial charge on any atom is 0.255 e. The van der Waals surface area contributed by atoms with Crippen molar-refractivity contribution in [2.24, 2.45) is 0 Å². The van der Waals surface area contributed by atoms with Crippen LogP contribution in [0.4, 0.5) is 11.4 Å². The zero-order valence-electron chi connectivity index (χ0n) is 21.0. The van der Waals surface area contributed by atoms with Crippen molar-refractivity contribution in [1.82, 2.24) is 0 Å². The second-order valence-electron chi connectivity index (χ2n) is 8.62. The van der Waals surface area contributed by atoms with Crippen LogP contribution in [0.15, 0.2) is 108 Å². The summed E-state index contributed by atoms with van der Waals surface area (Å²) in [6, 6.07) is 31.3. The van der Waals surface area contributed by atoms with Gasteiger partial charge < -0.3 is 15.4 Å². The van der Waals surface area contributed by atoms with Crippen LogP contribution in [-0.4, -0.2) is 18.4 Å². The van der Waals surface area contributed by atoms with Crippen LogP contribution in [0, 0.1) is 0 Å². The molecule has 4 aromatic rings. The molecule has 5 nitrogen and oxygen atoms in total. The molecule has 0 spiro atoms. The smallest absolute Gasteiger partial charge is 0.255 e. The first kappa shape index (κ1) is 27.3. The van der Waals surface area contributed by atoms with E-state index < -0.39 is 5.25 Å². The summed E-state index contributed by atoms with van der Waals surface area (Å²) in [6.45, 7) is 2.80. The average molecular weight is 545 g/mol. The largest absolute Gasteiger partial charge is 0.494 e. The first-order valence-electron chi connectivity index (χ1n) is 12.4. The lowest BCUT2D eigenvalue weighted by molar-refractivity contribution is -0.115. The van der Waals surface area contributed by atoms with Gasteiger partial charge in [0, 0.05) is 26.9 Å². The molecule has 2 N–H and O–H groups in total. The van der Waals surface area contributed by atoms with E-state index >= 15 is 0 Å². The van der Waals surface area contributed by atoms with Crippen LogP contribution in [-0.2, 0) is 4.79 Å². The van der Waals surface area contributed by atoms with E-state index in [-0.39, 0.29) is 11.8 Å². The van der Waals surface area contributed by atoms with Gasteiger partial charge in [0.25, 0.3) is 5.91 Å². The number of carbonyl (C=O) groups is 2. The van der Waals surface area contributed by atoms with Gasteiger partial charge in [-0.3, -0.25) is 9.59 Å². The van der Waals surface area contributed by atoms with Gasteiger partial charge in [-0.2, -0.15) is 0 Å². The maximum absolute atomic E-state index is 13.4. The highest BCUT2D eigenvalue weighted by Crippen LogP contribution is 2.37. The van der Waals surface area contributed by atoms with Crippen LogP contribution in [0.3, 0.4) is 0 Å². The summed E-state index contributed by atoms with van der Waals surface area (Å²) in [5, 5.41) is 5.93. The van der Waals surface area contributed by atoms with Crippen molar-refractivity contribution in [1.29, 1.82) is 0 Å². The Kier molecular flexibility index (Phi) is 9.84. The molecule has 0 radical (unpaired) electrons. The van der Waals surface area contributed by atoms with Crippen molar-refractivity contribution < 1.29 is 14.3 Å². The Balaban J connectivity index is 1.48. The molecule has 0 aliphatic rings. The highest BCUT2D eigenvalue weighted by molar-refractivity contribution is 8.00. The minimum absolute atomic E-state index is 0.144. The first-order chi connectivity index (χ1) is 18.5. The van der Waals surface area contributed by atoms with E-state index in [1.807, 2.05) is 78.9 Å². The molecule has 4 rings (SSSR count). The number of thioether (sulfide) groups is 1. The second-order valence-corrected chi connectivity index (χ2v) is 10.2. The van der Waals surface area contributed by atoms with Gasteiger partial charge in [-0.15, -0.1) is 11.8 Å². The lowest BCUT2D eigenvalue weighted by Crippen LogP contribution is -2.19. The predicted octanol–water partition coefficient (Wildman–Crippen LogP) is 8.24. The van der Waals surface area contributed by atoms with E-state index in [1.54, 1.807) is 24.3 Å². The fourth-order valence-corrected chi connectivity index (χ4v) is 4.97. The molecule has 0 saturated heterocycles. The molecule has 0 aliphatic carbocycles. The minimum Gasteiger partial charge on any atom is -0.494 e. The van der Waals surface area contributed by atoms with Crippen molar-refractivity contribution in [3.63, 3.8) is 0 Å². The van der Waals surface area contributed by atoms with Crippen molar-refractivity contribution >= 4 is 46.6 Å². The SMILES string of the molecule is CCCCOc1ccc(NC(=O)C(Sc2cccc(NC(=O)c3cccc(Cl)c3)c2)c2ccccc2)cc1. The highest BCUT2D eigenvalue weighted by atomic mass is 35.5. The number of nitrogens with one attached hydrogen (secondary N) is 2. The number of halogens is 1. The lowest BCUT2D eigenvalue weighted by Gasteiger charge is -2.18. The van der Waals surface area contributed by atoms with Crippen LogP contribution < -0.4 is 15.4 Å². The van der Waals surface area contributed by atoms with Crippen molar-refractivity contribution in [2.75, 3.05) is 17.2 Å². The van der Waals surface area contributed by atoms with Crippen LogP contribution in [0.1, 0.15) is 40.9 Å². The molecule has 0 fully saturated rings. The molecule has 7 heteroatoms. The molecule has 0 heterocycles. The molecule has 1 unspecified atom stereocenters. The van der Waals surface area contributed by atoms with Gasteiger partial charge >= 0.3 is 0 Å². The molecular weight excluding hydrogens is 516 g/mol. The summed E-state index contributed by atoms with van der Waals surface area (Å²) in [4.78, 5) is 27.0. The quantitative estimate of drug-likeness (QED) is 0.147. The first-order valence-corrected chi connectivity index (χ1v) is 13.7. The topological polar surface area (TPSA) is 67.4 Å². The van der Waals surface area contributed by atoms with Gasteiger partial charge in [0.1, 0.15) is 11.0 Å². The van der Waals surface area contributed by atoms with Crippen LogP contribution >= 0.6 is 23.4 Å². The lowest BCUT2D eigenvalue weighted by atomic mass is 10.1. The van der Waals surface area contributed by atoms with E-state index in [2.05, 4.69) is 17.6 Å². The summed E-state index contributed by atoms with van der Waals surface area (Å²) in [6.07, 6.45) is 2.07. The standard InChI is InChI=1S/C31H29ClN2O3S/c1-2-3-19-37-27-17-15-25(16-18-27)33-31(36)29(22-9-5-4-6-10-22)38-28-14-8-13-26(21-28)34-30(35)23-11-7-12-24(32)20-23/h4-18,20-21,29H,2-3,19H2,1H3,(H,33,36)(H,34,35). The van der Waals surface area contributed by atoms with Gasteiger partial charge in [0.05, 0.1) is 6.61 Å². The third-order valence-corrected chi connectivity index (χ3v) is 7.14. The monoisotopic (exact) mass is 544 g/mol. The molecule has 0 bridgehead atoms. The number of anilines is 2. The van der Waals surface area contributed by atoms with E-state index in [4.69, 9.17) is 16.3 Å². The third kappa shape index (κ3) is 7.88. The molecule has 4 aromatic carbocycles. The number of carbonyl (C=O) groups excluding carboxylic acids is 2. The molecule has 1 atom stereocenters.